The number of H-pyrrole nitrogens is 1. The molecule has 2 aromatic carbocycles. The number of fused-ring (bicyclic) bond motifs is 1. The Balaban J connectivity index is 1.99. The van der Waals surface area contributed by atoms with E-state index in [1.165, 1.54) is 0 Å². The van der Waals surface area contributed by atoms with Crippen molar-refractivity contribution in [3.05, 3.63) is 54.1 Å². The van der Waals surface area contributed by atoms with Crippen LogP contribution in [0.25, 0.3) is 10.9 Å². The summed E-state index contributed by atoms with van der Waals surface area (Å²) in [6, 6.07) is 14.8. The number of hydrogen-bond donors (Lipinski definition) is 1. The lowest BCUT2D eigenvalue weighted by atomic mass is 10.2. The number of ether oxygens (including phenoxy) is 2. The average Bonchev–Trinajstić information content (AvgIpc) is 2.89. The van der Waals surface area contributed by atoms with Crippen molar-refractivity contribution in [1.29, 1.82) is 0 Å². The molecule has 0 radical (unpaired) electrons. The highest BCUT2D eigenvalue weighted by atomic mass is 16.5. The first-order chi connectivity index (χ1) is 9.80. The number of para-hydroxylation sites is 1. The van der Waals surface area contributed by atoms with E-state index in [0.717, 1.165) is 17.2 Å². The Kier molecular flexibility index (Phi) is 3.13. The van der Waals surface area contributed by atoms with E-state index in [2.05, 4.69) is 4.98 Å². The van der Waals surface area contributed by atoms with Crippen molar-refractivity contribution < 1.29 is 14.3 Å². The number of carbonyl (C=O) groups is 1. The van der Waals surface area contributed by atoms with Gasteiger partial charge in [0.25, 0.3) is 0 Å². The first-order valence-corrected chi connectivity index (χ1v) is 6.19. The van der Waals surface area contributed by atoms with Gasteiger partial charge in [-0.3, -0.25) is 4.79 Å². The Bertz CT molecular complexity index is 728. The van der Waals surface area contributed by atoms with Crippen molar-refractivity contribution in [1.82, 2.24) is 4.98 Å². The van der Waals surface area contributed by atoms with Gasteiger partial charge in [-0.25, -0.2) is 0 Å². The molecule has 0 unspecified atom stereocenters. The highest BCUT2D eigenvalue weighted by Crippen LogP contribution is 2.33. The van der Waals surface area contributed by atoms with E-state index >= 15 is 0 Å². The fourth-order valence-electron chi connectivity index (χ4n) is 2.07. The number of aromatic nitrogens is 1. The SMILES string of the molecule is COc1ccc(C=O)cc1Oc1cc2ccccc2[nH]1. The summed E-state index contributed by atoms with van der Waals surface area (Å²) in [5, 5.41) is 1.06. The second-order valence-electron chi connectivity index (χ2n) is 4.35. The van der Waals surface area contributed by atoms with Crippen molar-refractivity contribution in [2.75, 3.05) is 7.11 Å². The third-order valence-corrected chi connectivity index (χ3v) is 3.05. The number of methoxy groups -OCH3 is 1. The Labute approximate surface area is 115 Å². The minimum Gasteiger partial charge on any atom is -0.493 e. The van der Waals surface area contributed by atoms with Crippen molar-refractivity contribution in [2.24, 2.45) is 0 Å². The highest BCUT2D eigenvalue weighted by Gasteiger charge is 2.09. The normalized spacial score (nSPS) is 10.4. The number of hydrogen-bond acceptors (Lipinski definition) is 3. The fraction of sp³-hybridized carbons (Fsp3) is 0.0625. The lowest BCUT2D eigenvalue weighted by molar-refractivity contribution is 0.112. The fourth-order valence-corrected chi connectivity index (χ4v) is 2.07. The largest absolute Gasteiger partial charge is 0.493 e. The molecule has 4 heteroatoms. The molecule has 0 aliphatic rings. The minimum absolute atomic E-state index is 0.503. The lowest BCUT2D eigenvalue weighted by Gasteiger charge is -2.09. The summed E-state index contributed by atoms with van der Waals surface area (Å²) < 4.78 is 11.0. The van der Waals surface area contributed by atoms with Gasteiger partial charge in [0.2, 0.25) is 0 Å². The van der Waals surface area contributed by atoms with Crippen LogP contribution in [0.15, 0.2) is 48.5 Å². The molecule has 3 rings (SSSR count). The zero-order chi connectivity index (χ0) is 13.9. The molecule has 0 fully saturated rings. The van der Waals surface area contributed by atoms with Gasteiger partial charge >= 0.3 is 0 Å². The molecule has 100 valence electrons. The summed E-state index contributed by atoms with van der Waals surface area (Å²) in [4.78, 5) is 14.0. The summed E-state index contributed by atoms with van der Waals surface area (Å²) in [5.74, 6) is 1.69. The van der Waals surface area contributed by atoms with Crippen molar-refractivity contribution in [3.8, 4) is 17.4 Å². The van der Waals surface area contributed by atoms with Crippen LogP contribution in [0.3, 0.4) is 0 Å². The number of rotatable bonds is 4. The molecule has 1 heterocycles. The summed E-state index contributed by atoms with van der Waals surface area (Å²) in [5.41, 5.74) is 1.53. The molecule has 4 nitrogen and oxygen atoms in total. The average molecular weight is 267 g/mol. The molecule has 0 aliphatic heterocycles. The predicted octanol–water partition coefficient (Wildman–Crippen LogP) is 3.78. The Morgan fingerprint density at radius 1 is 1.05 bits per heavy atom. The van der Waals surface area contributed by atoms with Crippen LogP contribution in [0.1, 0.15) is 10.4 Å². The number of benzene rings is 2. The van der Waals surface area contributed by atoms with E-state index < -0.39 is 0 Å². The number of aldehydes is 1. The van der Waals surface area contributed by atoms with Crippen LogP contribution in [0.2, 0.25) is 0 Å². The number of aromatic amines is 1. The van der Waals surface area contributed by atoms with Gasteiger partial charge in [-0.15, -0.1) is 0 Å². The van der Waals surface area contributed by atoms with E-state index in [4.69, 9.17) is 9.47 Å². The second-order valence-corrected chi connectivity index (χ2v) is 4.35. The van der Waals surface area contributed by atoms with Gasteiger partial charge in [-0.1, -0.05) is 18.2 Å². The molecule has 0 saturated heterocycles. The van der Waals surface area contributed by atoms with Gasteiger partial charge in [-0.2, -0.15) is 0 Å². The van der Waals surface area contributed by atoms with E-state index in [9.17, 15) is 4.79 Å². The van der Waals surface area contributed by atoms with Gasteiger partial charge in [0.05, 0.1) is 7.11 Å². The summed E-state index contributed by atoms with van der Waals surface area (Å²) >= 11 is 0. The molecule has 1 N–H and O–H groups in total. The smallest absolute Gasteiger partial charge is 0.198 e. The zero-order valence-electron chi connectivity index (χ0n) is 10.9. The Morgan fingerprint density at radius 3 is 2.65 bits per heavy atom. The monoisotopic (exact) mass is 267 g/mol. The highest BCUT2D eigenvalue weighted by molar-refractivity contribution is 5.81. The van der Waals surface area contributed by atoms with E-state index in [-0.39, 0.29) is 0 Å². The molecular formula is C16H13NO3. The molecular weight excluding hydrogens is 254 g/mol. The maximum atomic E-state index is 10.8. The molecule has 0 bridgehead atoms. The van der Waals surface area contributed by atoms with Crippen LogP contribution in [-0.4, -0.2) is 18.4 Å². The van der Waals surface area contributed by atoms with Crippen molar-refractivity contribution in [2.45, 2.75) is 0 Å². The number of carbonyl (C=O) groups excluding carboxylic acids is 1. The van der Waals surface area contributed by atoms with Crippen molar-refractivity contribution >= 4 is 17.2 Å². The van der Waals surface area contributed by atoms with Crippen LogP contribution in [0.5, 0.6) is 17.4 Å². The molecule has 1 aromatic heterocycles. The van der Waals surface area contributed by atoms with Gasteiger partial charge < -0.3 is 14.5 Å². The lowest BCUT2D eigenvalue weighted by Crippen LogP contribution is -1.92. The summed E-state index contributed by atoms with van der Waals surface area (Å²) in [6.07, 6.45) is 0.775. The maximum Gasteiger partial charge on any atom is 0.198 e. The van der Waals surface area contributed by atoms with Crippen LogP contribution in [-0.2, 0) is 0 Å². The molecule has 0 amide bonds. The summed E-state index contributed by atoms with van der Waals surface area (Å²) in [7, 11) is 1.56. The molecule has 0 aliphatic carbocycles. The van der Waals surface area contributed by atoms with Gasteiger partial charge in [-0.05, 0) is 24.3 Å². The summed E-state index contributed by atoms with van der Waals surface area (Å²) in [6.45, 7) is 0. The first-order valence-electron chi connectivity index (χ1n) is 6.19. The number of nitrogens with one attached hydrogen (secondary N) is 1. The zero-order valence-corrected chi connectivity index (χ0v) is 10.9. The van der Waals surface area contributed by atoms with Gasteiger partial charge in [0, 0.05) is 22.5 Å². The standard InChI is InChI=1S/C16H13NO3/c1-19-14-7-6-11(10-18)8-15(14)20-16-9-12-4-2-3-5-13(12)17-16/h2-10,17H,1H3. The molecule has 0 spiro atoms. The third kappa shape index (κ3) is 2.23. The predicted molar refractivity (Wildman–Crippen MR) is 76.8 cm³/mol. The van der Waals surface area contributed by atoms with Gasteiger partial charge in [0.15, 0.2) is 17.4 Å². The molecule has 3 aromatic rings. The second kappa shape index (κ2) is 5.09. The quantitative estimate of drug-likeness (QED) is 0.732. The maximum absolute atomic E-state index is 10.8. The van der Waals surface area contributed by atoms with Gasteiger partial charge in [0.1, 0.15) is 6.29 Å². The van der Waals surface area contributed by atoms with E-state index in [0.29, 0.717) is 22.9 Å². The topological polar surface area (TPSA) is 51.3 Å². The van der Waals surface area contributed by atoms with Crippen LogP contribution in [0.4, 0.5) is 0 Å². The van der Waals surface area contributed by atoms with Crippen LogP contribution >= 0.6 is 0 Å². The van der Waals surface area contributed by atoms with E-state index in [1.54, 1.807) is 25.3 Å². The molecule has 0 atom stereocenters. The Morgan fingerprint density at radius 2 is 1.90 bits per heavy atom. The van der Waals surface area contributed by atoms with E-state index in [1.807, 2.05) is 30.3 Å². The molecule has 20 heavy (non-hydrogen) atoms. The first kappa shape index (κ1) is 12.3. The minimum atomic E-state index is 0.503. The van der Waals surface area contributed by atoms with Crippen LogP contribution < -0.4 is 9.47 Å². The Hall–Kier alpha value is -2.75. The van der Waals surface area contributed by atoms with Crippen LogP contribution in [0, 0.1) is 0 Å². The third-order valence-electron chi connectivity index (χ3n) is 3.05. The molecule has 0 saturated carbocycles. The van der Waals surface area contributed by atoms with Crippen molar-refractivity contribution in [3.63, 3.8) is 0 Å².